The summed E-state index contributed by atoms with van der Waals surface area (Å²) < 4.78 is 0. The Labute approximate surface area is 123 Å². The Balaban J connectivity index is 1.61. The smallest absolute Gasteiger partial charge is 0.271 e. The molecule has 0 aliphatic heterocycles. The fourth-order valence-corrected chi connectivity index (χ4v) is 2.74. The summed E-state index contributed by atoms with van der Waals surface area (Å²) in [6, 6.07) is 7.50. The van der Waals surface area contributed by atoms with Crippen LogP contribution in [0.15, 0.2) is 30.5 Å². The molecule has 2 N–H and O–H groups in total. The Morgan fingerprint density at radius 2 is 1.90 bits per heavy atom. The number of carbonyl (C=O) groups excluding carboxylic acids is 1. The Morgan fingerprint density at radius 3 is 2.67 bits per heavy atom. The zero-order valence-corrected chi connectivity index (χ0v) is 11.8. The average molecular weight is 285 g/mol. The van der Waals surface area contributed by atoms with Gasteiger partial charge in [0.05, 0.1) is 23.3 Å². The number of hydrogen-bond acceptors (Lipinski definition) is 4. The van der Waals surface area contributed by atoms with Crippen molar-refractivity contribution >= 4 is 16.9 Å². The van der Waals surface area contributed by atoms with Gasteiger partial charge in [-0.2, -0.15) is 0 Å². The van der Waals surface area contributed by atoms with Gasteiger partial charge in [-0.05, 0) is 43.7 Å². The minimum absolute atomic E-state index is 0.164. The lowest BCUT2D eigenvalue weighted by atomic mass is 9.87. The third-order valence-electron chi connectivity index (χ3n) is 4.05. The molecule has 1 aliphatic carbocycles. The number of nitrogens with zero attached hydrogens (tertiary/aromatic N) is 2. The topological polar surface area (TPSA) is 75.1 Å². The number of aliphatic hydroxyl groups excluding tert-OH is 1. The summed E-state index contributed by atoms with van der Waals surface area (Å²) in [5, 5.41) is 12.4. The first-order valence-corrected chi connectivity index (χ1v) is 7.40. The van der Waals surface area contributed by atoms with E-state index in [9.17, 15) is 9.90 Å². The molecule has 1 saturated carbocycles. The molecule has 2 aromatic rings. The van der Waals surface area contributed by atoms with E-state index >= 15 is 0 Å². The van der Waals surface area contributed by atoms with Crippen molar-refractivity contribution in [1.29, 1.82) is 0 Å². The Hall–Kier alpha value is -2.01. The molecule has 1 aromatic carbocycles. The molecule has 1 amide bonds. The quantitative estimate of drug-likeness (QED) is 0.903. The molecule has 0 atom stereocenters. The molecule has 0 unspecified atom stereocenters. The fraction of sp³-hybridized carbons (Fsp3) is 0.438. The summed E-state index contributed by atoms with van der Waals surface area (Å²) in [5.41, 5.74) is 1.87. The second-order valence-electron chi connectivity index (χ2n) is 5.63. The Kier molecular flexibility index (Phi) is 4.10. The van der Waals surface area contributed by atoms with Gasteiger partial charge in [0.15, 0.2) is 0 Å². The van der Waals surface area contributed by atoms with Crippen LogP contribution in [0.5, 0.6) is 0 Å². The van der Waals surface area contributed by atoms with E-state index in [1.807, 2.05) is 24.3 Å². The van der Waals surface area contributed by atoms with Gasteiger partial charge < -0.3 is 10.4 Å². The summed E-state index contributed by atoms with van der Waals surface area (Å²) in [5.74, 6) is 0.269. The van der Waals surface area contributed by atoms with E-state index in [0.717, 1.165) is 36.7 Å². The Morgan fingerprint density at radius 1 is 1.19 bits per heavy atom. The number of hydrogen-bond donors (Lipinski definition) is 2. The lowest BCUT2D eigenvalue weighted by Gasteiger charge is -2.25. The van der Waals surface area contributed by atoms with Crippen LogP contribution in [0, 0.1) is 5.92 Å². The normalized spacial score (nSPS) is 22.1. The van der Waals surface area contributed by atoms with Gasteiger partial charge in [-0.25, -0.2) is 4.98 Å². The number of para-hydroxylation sites is 2. The molecule has 21 heavy (non-hydrogen) atoms. The second kappa shape index (κ2) is 6.18. The molecule has 5 heteroatoms. The van der Waals surface area contributed by atoms with Crippen LogP contribution in [0.25, 0.3) is 11.0 Å². The zero-order valence-electron chi connectivity index (χ0n) is 11.8. The van der Waals surface area contributed by atoms with E-state index in [4.69, 9.17) is 0 Å². The van der Waals surface area contributed by atoms with Crippen LogP contribution in [0.3, 0.4) is 0 Å². The first-order valence-electron chi connectivity index (χ1n) is 7.40. The molecule has 0 bridgehead atoms. The van der Waals surface area contributed by atoms with E-state index in [-0.39, 0.29) is 12.0 Å². The maximum atomic E-state index is 12.1. The predicted molar refractivity (Wildman–Crippen MR) is 79.8 cm³/mol. The van der Waals surface area contributed by atoms with Crippen LogP contribution in [0.1, 0.15) is 36.2 Å². The molecule has 0 spiro atoms. The van der Waals surface area contributed by atoms with Crippen LogP contribution in [-0.2, 0) is 0 Å². The van der Waals surface area contributed by atoms with Crippen molar-refractivity contribution < 1.29 is 9.90 Å². The van der Waals surface area contributed by atoms with E-state index in [1.54, 1.807) is 0 Å². The molecular weight excluding hydrogens is 266 g/mol. The lowest BCUT2D eigenvalue weighted by Crippen LogP contribution is -2.32. The van der Waals surface area contributed by atoms with Crippen molar-refractivity contribution in [2.45, 2.75) is 31.8 Å². The number of aromatic nitrogens is 2. The van der Waals surface area contributed by atoms with E-state index < -0.39 is 0 Å². The molecule has 1 aliphatic rings. The first-order chi connectivity index (χ1) is 10.2. The van der Waals surface area contributed by atoms with Gasteiger partial charge >= 0.3 is 0 Å². The van der Waals surface area contributed by atoms with Crippen LogP contribution >= 0.6 is 0 Å². The Bertz CT molecular complexity index is 636. The van der Waals surface area contributed by atoms with E-state index in [2.05, 4.69) is 15.3 Å². The molecule has 0 saturated heterocycles. The van der Waals surface area contributed by atoms with Crippen molar-refractivity contribution in [2.24, 2.45) is 5.92 Å². The van der Waals surface area contributed by atoms with Crippen molar-refractivity contribution in [3.8, 4) is 0 Å². The number of amides is 1. The van der Waals surface area contributed by atoms with Crippen molar-refractivity contribution in [1.82, 2.24) is 15.3 Å². The molecule has 1 aromatic heterocycles. The number of rotatable bonds is 3. The average Bonchev–Trinajstić information content (AvgIpc) is 2.53. The number of fused-ring (bicyclic) bond motifs is 1. The maximum Gasteiger partial charge on any atom is 0.271 e. The summed E-state index contributed by atoms with van der Waals surface area (Å²) in [6.07, 6.45) is 4.94. The van der Waals surface area contributed by atoms with E-state index in [1.165, 1.54) is 6.20 Å². The van der Waals surface area contributed by atoms with Gasteiger partial charge in [0.25, 0.3) is 5.91 Å². The fourth-order valence-electron chi connectivity index (χ4n) is 2.74. The highest BCUT2D eigenvalue weighted by Crippen LogP contribution is 2.23. The highest BCUT2D eigenvalue weighted by molar-refractivity contribution is 5.93. The van der Waals surface area contributed by atoms with Crippen LogP contribution < -0.4 is 5.32 Å². The standard InChI is InChI=1S/C16H19N3O2/c20-12-7-5-11(6-8-12)9-18-16(21)15-10-17-13-3-1-2-4-14(13)19-15/h1-4,10-12,20H,5-9H2,(H,18,21). The van der Waals surface area contributed by atoms with Crippen molar-refractivity contribution in [3.05, 3.63) is 36.2 Å². The highest BCUT2D eigenvalue weighted by atomic mass is 16.3. The number of aliphatic hydroxyl groups is 1. The monoisotopic (exact) mass is 285 g/mol. The lowest BCUT2D eigenvalue weighted by molar-refractivity contribution is 0.0906. The van der Waals surface area contributed by atoms with Crippen LogP contribution in [0.2, 0.25) is 0 Å². The summed E-state index contributed by atoms with van der Waals surface area (Å²) in [7, 11) is 0. The molecule has 1 fully saturated rings. The molecular formula is C16H19N3O2. The number of benzene rings is 1. The maximum absolute atomic E-state index is 12.1. The summed E-state index contributed by atoms with van der Waals surface area (Å²) in [6.45, 7) is 0.639. The molecule has 3 rings (SSSR count). The molecule has 5 nitrogen and oxygen atoms in total. The number of carbonyl (C=O) groups is 1. The molecule has 110 valence electrons. The van der Waals surface area contributed by atoms with Crippen molar-refractivity contribution in [3.63, 3.8) is 0 Å². The minimum atomic E-state index is -0.181. The molecule has 0 radical (unpaired) electrons. The van der Waals surface area contributed by atoms with Gasteiger partial charge in [0.2, 0.25) is 0 Å². The van der Waals surface area contributed by atoms with Gasteiger partial charge in [-0.15, -0.1) is 0 Å². The van der Waals surface area contributed by atoms with Crippen LogP contribution in [0.4, 0.5) is 0 Å². The zero-order chi connectivity index (χ0) is 14.7. The third kappa shape index (κ3) is 3.36. The molecule has 1 heterocycles. The van der Waals surface area contributed by atoms with Crippen LogP contribution in [-0.4, -0.2) is 33.6 Å². The van der Waals surface area contributed by atoms with Gasteiger partial charge in [0, 0.05) is 6.54 Å². The van der Waals surface area contributed by atoms with Crippen molar-refractivity contribution in [2.75, 3.05) is 6.54 Å². The SMILES string of the molecule is O=C(NCC1CCC(O)CC1)c1cnc2ccccc2n1. The first kappa shape index (κ1) is 13.9. The van der Waals surface area contributed by atoms with Gasteiger partial charge in [-0.1, -0.05) is 12.1 Å². The van der Waals surface area contributed by atoms with Gasteiger partial charge in [0.1, 0.15) is 5.69 Å². The summed E-state index contributed by atoms with van der Waals surface area (Å²) in [4.78, 5) is 20.7. The highest BCUT2D eigenvalue weighted by Gasteiger charge is 2.20. The second-order valence-corrected chi connectivity index (χ2v) is 5.63. The van der Waals surface area contributed by atoms with E-state index in [0.29, 0.717) is 18.2 Å². The predicted octanol–water partition coefficient (Wildman–Crippen LogP) is 1.91. The van der Waals surface area contributed by atoms with Gasteiger partial charge in [-0.3, -0.25) is 9.78 Å². The third-order valence-corrected chi connectivity index (χ3v) is 4.05. The summed E-state index contributed by atoms with van der Waals surface area (Å²) >= 11 is 0. The minimum Gasteiger partial charge on any atom is -0.393 e. The largest absolute Gasteiger partial charge is 0.393 e. The number of nitrogens with one attached hydrogen (secondary N) is 1.